The number of hydrogen-bond acceptors (Lipinski definition) is 5. The first-order valence-corrected chi connectivity index (χ1v) is 10.5. The van der Waals surface area contributed by atoms with Crippen LogP contribution in [0.15, 0.2) is 17.2 Å². The third kappa shape index (κ3) is 3.74. The molecule has 0 radical (unpaired) electrons. The molecule has 0 bridgehead atoms. The second-order valence-electron chi connectivity index (χ2n) is 7.27. The average Bonchev–Trinajstić information content (AvgIpc) is 3.05. The summed E-state index contributed by atoms with van der Waals surface area (Å²) in [7, 11) is -2.02. The second-order valence-corrected chi connectivity index (χ2v) is 9.20. The van der Waals surface area contributed by atoms with Crippen molar-refractivity contribution in [2.45, 2.75) is 42.6 Å². The van der Waals surface area contributed by atoms with Gasteiger partial charge in [-0.3, -0.25) is 4.79 Å². The van der Waals surface area contributed by atoms with Crippen LogP contribution in [-0.4, -0.2) is 76.1 Å². The summed E-state index contributed by atoms with van der Waals surface area (Å²) in [6, 6.07) is 1.38. The Balaban J connectivity index is 1.77. The van der Waals surface area contributed by atoms with E-state index in [9.17, 15) is 23.1 Å². The Morgan fingerprint density at radius 1 is 1.07 bits per heavy atom. The topological polar surface area (TPSA) is 120 Å². The minimum absolute atomic E-state index is 0.0581. The van der Waals surface area contributed by atoms with Crippen LogP contribution >= 0.6 is 0 Å². The minimum Gasteiger partial charge on any atom is -0.479 e. The molecule has 2 saturated heterocycles. The van der Waals surface area contributed by atoms with Crippen molar-refractivity contribution >= 4 is 21.9 Å². The lowest BCUT2D eigenvalue weighted by Crippen LogP contribution is -2.51. The van der Waals surface area contributed by atoms with Crippen molar-refractivity contribution in [2.24, 2.45) is 7.05 Å². The number of hydrogen-bond donors (Lipinski definition) is 2. The number of carboxylic acid groups (broad SMARTS) is 1. The van der Waals surface area contributed by atoms with E-state index < -0.39 is 21.6 Å². The smallest absolute Gasteiger partial charge is 0.335 e. The summed E-state index contributed by atoms with van der Waals surface area (Å²) in [5.41, 5.74) is -1.58. The van der Waals surface area contributed by atoms with Crippen LogP contribution in [0.1, 0.15) is 42.6 Å². The van der Waals surface area contributed by atoms with E-state index >= 15 is 0 Å². The van der Waals surface area contributed by atoms with Crippen LogP contribution in [0.2, 0.25) is 0 Å². The van der Waals surface area contributed by atoms with Gasteiger partial charge in [-0.1, -0.05) is 6.42 Å². The monoisotopic (exact) mass is 399 g/mol. The third-order valence-corrected chi connectivity index (χ3v) is 7.29. The first-order chi connectivity index (χ1) is 12.6. The summed E-state index contributed by atoms with van der Waals surface area (Å²) >= 11 is 0. The van der Waals surface area contributed by atoms with Crippen LogP contribution in [0.4, 0.5) is 0 Å². The standard InChI is InChI=1S/C17H25N3O6S/c1-18-12-13(27(25,26)20-7-3-2-4-8-20)11-14(18)15(21)19-9-5-17(24,6-10-19)16(22)23/h11-12,24H,2-10H2,1H3,(H,22,23). The highest BCUT2D eigenvalue weighted by Crippen LogP contribution is 2.26. The van der Waals surface area contributed by atoms with Crippen LogP contribution in [0.3, 0.4) is 0 Å². The second kappa shape index (κ2) is 7.25. The number of aryl methyl sites for hydroxylation is 1. The molecule has 3 rings (SSSR count). The van der Waals surface area contributed by atoms with Gasteiger partial charge in [0.15, 0.2) is 5.60 Å². The molecule has 0 aliphatic carbocycles. The first kappa shape index (κ1) is 19.8. The van der Waals surface area contributed by atoms with Gasteiger partial charge in [0.25, 0.3) is 5.91 Å². The fourth-order valence-electron chi connectivity index (χ4n) is 3.60. The number of likely N-dealkylation sites (tertiary alicyclic amines) is 1. The van der Waals surface area contributed by atoms with Crippen molar-refractivity contribution in [2.75, 3.05) is 26.2 Å². The van der Waals surface area contributed by atoms with E-state index in [0.717, 1.165) is 19.3 Å². The Labute approximate surface area is 158 Å². The van der Waals surface area contributed by atoms with Gasteiger partial charge in [-0.15, -0.1) is 0 Å². The lowest BCUT2D eigenvalue weighted by molar-refractivity contribution is -0.162. The predicted molar refractivity (Wildman–Crippen MR) is 95.7 cm³/mol. The summed E-state index contributed by atoms with van der Waals surface area (Å²) in [6.07, 6.45) is 4.00. The Hall–Kier alpha value is -1.91. The van der Waals surface area contributed by atoms with Crippen LogP contribution in [0.5, 0.6) is 0 Å². The SMILES string of the molecule is Cn1cc(S(=O)(=O)N2CCCCC2)cc1C(=O)N1CCC(O)(C(=O)O)CC1. The van der Waals surface area contributed by atoms with E-state index in [4.69, 9.17) is 5.11 Å². The number of carbonyl (C=O) groups is 2. The van der Waals surface area contributed by atoms with Crippen LogP contribution < -0.4 is 0 Å². The van der Waals surface area contributed by atoms with Gasteiger partial charge in [0.2, 0.25) is 10.0 Å². The first-order valence-electron chi connectivity index (χ1n) is 9.07. The van der Waals surface area contributed by atoms with Crippen molar-refractivity contribution in [1.82, 2.24) is 13.8 Å². The van der Waals surface area contributed by atoms with Crippen molar-refractivity contribution in [1.29, 1.82) is 0 Å². The van der Waals surface area contributed by atoms with Gasteiger partial charge in [0.05, 0.1) is 0 Å². The molecule has 2 aliphatic heterocycles. The molecule has 10 heteroatoms. The molecule has 0 aromatic carbocycles. The number of aromatic nitrogens is 1. The predicted octanol–water partition coefficient (Wildman–Crippen LogP) is 0.251. The fourth-order valence-corrected chi connectivity index (χ4v) is 5.19. The van der Waals surface area contributed by atoms with Crippen LogP contribution in [0, 0.1) is 0 Å². The Morgan fingerprint density at radius 2 is 1.67 bits per heavy atom. The molecule has 0 saturated carbocycles. The molecule has 0 unspecified atom stereocenters. The van der Waals surface area contributed by atoms with E-state index in [0.29, 0.717) is 13.1 Å². The van der Waals surface area contributed by atoms with Gasteiger partial charge < -0.3 is 19.7 Å². The van der Waals surface area contributed by atoms with E-state index in [1.807, 2.05) is 0 Å². The normalized spacial score (nSPS) is 21.2. The van der Waals surface area contributed by atoms with Gasteiger partial charge in [0.1, 0.15) is 10.6 Å². The van der Waals surface area contributed by atoms with Gasteiger partial charge >= 0.3 is 5.97 Å². The van der Waals surface area contributed by atoms with Crippen molar-refractivity contribution in [3.05, 3.63) is 18.0 Å². The van der Waals surface area contributed by atoms with Crippen LogP contribution in [-0.2, 0) is 21.9 Å². The highest BCUT2D eigenvalue weighted by atomic mass is 32.2. The molecule has 1 aromatic heterocycles. The zero-order valence-corrected chi connectivity index (χ0v) is 16.1. The van der Waals surface area contributed by atoms with Gasteiger partial charge in [0, 0.05) is 52.3 Å². The Morgan fingerprint density at radius 3 is 2.22 bits per heavy atom. The van der Waals surface area contributed by atoms with Gasteiger partial charge in [-0.05, 0) is 18.9 Å². The minimum atomic E-state index is -3.63. The third-order valence-electron chi connectivity index (χ3n) is 5.43. The Kier molecular flexibility index (Phi) is 5.33. The molecular formula is C17H25N3O6S. The largest absolute Gasteiger partial charge is 0.479 e. The number of sulfonamides is 1. The van der Waals surface area contributed by atoms with E-state index in [1.54, 1.807) is 7.05 Å². The zero-order valence-electron chi connectivity index (χ0n) is 15.3. The molecule has 1 aromatic rings. The lowest BCUT2D eigenvalue weighted by Gasteiger charge is -2.35. The summed E-state index contributed by atoms with van der Waals surface area (Å²) in [5, 5.41) is 19.1. The average molecular weight is 399 g/mol. The maximum absolute atomic E-state index is 12.8. The number of carbonyl (C=O) groups excluding carboxylic acids is 1. The number of nitrogens with zero attached hydrogens (tertiary/aromatic N) is 3. The molecule has 1 amide bonds. The van der Waals surface area contributed by atoms with Crippen molar-refractivity contribution in [3.8, 4) is 0 Å². The molecular weight excluding hydrogens is 374 g/mol. The van der Waals surface area contributed by atoms with E-state index in [2.05, 4.69) is 0 Å². The van der Waals surface area contributed by atoms with E-state index in [-0.39, 0.29) is 42.4 Å². The summed E-state index contributed by atoms with van der Waals surface area (Å²) in [4.78, 5) is 25.4. The van der Waals surface area contributed by atoms with Crippen molar-refractivity contribution in [3.63, 3.8) is 0 Å². The molecule has 9 nitrogen and oxygen atoms in total. The number of piperidine rings is 2. The summed E-state index contributed by atoms with van der Waals surface area (Å²) < 4.78 is 28.5. The molecule has 27 heavy (non-hydrogen) atoms. The molecule has 2 aliphatic rings. The number of rotatable bonds is 4. The van der Waals surface area contributed by atoms with Gasteiger partial charge in [-0.25, -0.2) is 13.2 Å². The lowest BCUT2D eigenvalue weighted by atomic mass is 9.91. The highest BCUT2D eigenvalue weighted by Gasteiger charge is 2.41. The number of aliphatic hydroxyl groups is 1. The molecule has 3 heterocycles. The highest BCUT2D eigenvalue weighted by molar-refractivity contribution is 7.89. The summed E-state index contributed by atoms with van der Waals surface area (Å²) in [6.45, 7) is 1.17. The zero-order chi connectivity index (χ0) is 19.8. The number of amides is 1. The summed E-state index contributed by atoms with van der Waals surface area (Å²) in [5.74, 6) is -1.66. The van der Waals surface area contributed by atoms with E-state index in [1.165, 1.54) is 26.0 Å². The molecule has 0 atom stereocenters. The molecule has 2 N–H and O–H groups in total. The van der Waals surface area contributed by atoms with Crippen LogP contribution in [0.25, 0.3) is 0 Å². The maximum atomic E-state index is 12.8. The quantitative estimate of drug-likeness (QED) is 0.749. The molecule has 0 spiro atoms. The molecule has 150 valence electrons. The van der Waals surface area contributed by atoms with Crippen molar-refractivity contribution < 1.29 is 28.2 Å². The molecule has 2 fully saturated rings. The fraction of sp³-hybridized carbons (Fsp3) is 0.647. The Bertz CT molecular complexity index is 833. The maximum Gasteiger partial charge on any atom is 0.335 e. The number of carboxylic acids is 1. The van der Waals surface area contributed by atoms with Gasteiger partial charge in [-0.2, -0.15) is 4.31 Å². The number of aliphatic carboxylic acids is 1.